The molecule has 0 atom stereocenters. The maximum atomic E-state index is 5.89. The van der Waals surface area contributed by atoms with Crippen molar-refractivity contribution in [3.63, 3.8) is 0 Å². The van der Waals surface area contributed by atoms with Crippen LogP contribution in [0.3, 0.4) is 0 Å². The molecule has 104 valence electrons. The van der Waals surface area contributed by atoms with E-state index in [4.69, 9.17) is 4.74 Å². The summed E-state index contributed by atoms with van der Waals surface area (Å²) in [6.07, 6.45) is 2.82. The first-order valence-corrected chi connectivity index (χ1v) is 7.07. The first-order chi connectivity index (χ1) is 9.90. The van der Waals surface area contributed by atoms with Crippen LogP contribution in [-0.2, 0) is 6.42 Å². The second-order valence-electron chi connectivity index (χ2n) is 4.72. The Balaban J connectivity index is 1.94. The van der Waals surface area contributed by atoms with Gasteiger partial charge < -0.3 is 10.1 Å². The summed E-state index contributed by atoms with van der Waals surface area (Å²) in [5, 5.41) is 2.19. The molecule has 20 heavy (non-hydrogen) atoms. The summed E-state index contributed by atoms with van der Waals surface area (Å²) >= 11 is 0. The predicted octanol–water partition coefficient (Wildman–Crippen LogP) is 2.41. The highest BCUT2D eigenvalue weighted by atomic mass is 16.5. The topological polar surface area (TPSA) is 25.8 Å². The summed E-state index contributed by atoms with van der Waals surface area (Å²) in [5.74, 6) is 0.989. The third kappa shape index (κ3) is 4.56. The van der Waals surface area contributed by atoms with Gasteiger partial charge >= 0.3 is 0 Å². The maximum Gasteiger partial charge on any atom is 0.137 e. The van der Waals surface area contributed by atoms with E-state index in [9.17, 15) is 0 Å². The van der Waals surface area contributed by atoms with Crippen LogP contribution in [0.1, 0.15) is 11.1 Å². The van der Waals surface area contributed by atoms with Gasteiger partial charge in [-0.15, -0.1) is 0 Å². The zero-order valence-electron chi connectivity index (χ0n) is 11.8. The molecule has 2 rings (SSSR count). The van der Waals surface area contributed by atoms with Gasteiger partial charge in [-0.2, -0.15) is 0 Å². The van der Waals surface area contributed by atoms with Gasteiger partial charge in [-0.3, -0.25) is 0 Å². The van der Waals surface area contributed by atoms with Gasteiger partial charge in [-0.25, -0.2) is 0 Å². The molecule has 0 fully saturated rings. The average Bonchev–Trinajstić information content (AvgIpc) is 2.50. The SMILES string of the molecule is C=CC[NH2+]CCOc1ccccc1Cc1ccccc1. The normalized spacial score (nSPS) is 10.2. The van der Waals surface area contributed by atoms with Crippen molar-refractivity contribution in [3.8, 4) is 5.75 Å². The van der Waals surface area contributed by atoms with Gasteiger partial charge in [0.1, 0.15) is 18.9 Å². The Morgan fingerprint density at radius 2 is 1.75 bits per heavy atom. The number of ether oxygens (including phenoxy) is 1. The molecule has 0 amide bonds. The van der Waals surface area contributed by atoms with Crippen molar-refractivity contribution in [1.29, 1.82) is 0 Å². The number of nitrogens with two attached hydrogens (primary N) is 1. The van der Waals surface area contributed by atoms with Crippen LogP contribution in [0.4, 0.5) is 0 Å². The number of rotatable bonds is 8. The summed E-state index contributed by atoms with van der Waals surface area (Å²) in [6.45, 7) is 6.32. The van der Waals surface area contributed by atoms with Crippen LogP contribution < -0.4 is 10.1 Å². The molecule has 2 nitrogen and oxygen atoms in total. The third-order valence-electron chi connectivity index (χ3n) is 3.12. The van der Waals surface area contributed by atoms with Crippen molar-refractivity contribution in [2.45, 2.75) is 6.42 Å². The summed E-state index contributed by atoms with van der Waals surface area (Å²) in [4.78, 5) is 0. The molecule has 0 aliphatic heterocycles. The Morgan fingerprint density at radius 3 is 2.55 bits per heavy atom. The van der Waals surface area contributed by atoms with Gasteiger partial charge in [-0.05, 0) is 23.3 Å². The number of hydrogen-bond acceptors (Lipinski definition) is 1. The highest BCUT2D eigenvalue weighted by Crippen LogP contribution is 2.21. The van der Waals surface area contributed by atoms with Crippen LogP contribution in [0.2, 0.25) is 0 Å². The molecule has 0 saturated carbocycles. The molecule has 0 saturated heterocycles. The number of benzene rings is 2. The fraction of sp³-hybridized carbons (Fsp3) is 0.222. The monoisotopic (exact) mass is 268 g/mol. The Hall–Kier alpha value is -2.06. The summed E-state index contributed by atoms with van der Waals surface area (Å²) < 4.78 is 5.89. The molecule has 2 N–H and O–H groups in total. The van der Waals surface area contributed by atoms with Gasteiger partial charge in [0, 0.05) is 6.42 Å². The predicted molar refractivity (Wildman–Crippen MR) is 83.0 cm³/mol. The van der Waals surface area contributed by atoms with E-state index in [-0.39, 0.29) is 0 Å². The molecule has 0 aliphatic carbocycles. The first kappa shape index (κ1) is 14.4. The summed E-state index contributed by atoms with van der Waals surface area (Å²) in [5.41, 5.74) is 2.55. The van der Waals surface area contributed by atoms with Gasteiger partial charge in [0.2, 0.25) is 0 Å². The van der Waals surface area contributed by atoms with Crippen LogP contribution in [0.15, 0.2) is 67.3 Å². The van der Waals surface area contributed by atoms with Crippen molar-refractivity contribution >= 4 is 0 Å². The minimum Gasteiger partial charge on any atom is -0.487 e. The van der Waals surface area contributed by atoms with E-state index in [1.807, 2.05) is 24.3 Å². The van der Waals surface area contributed by atoms with Crippen LogP contribution in [0.5, 0.6) is 5.75 Å². The second-order valence-corrected chi connectivity index (χ2v) is 4.72. The number of hydrogen-bond donors (Lipinski definition) is 1. The fourth-order valence-corrected chi connectivity index (χ4v) is 2.09. The largest absolute Gasteiger partial charge is 0.487 e. The molecule has 0 unspecified atom stereocenters. The van der Waals surface area contributed by atoms with Crippen molar-refractivity contribution in [2.75, 3.05) is 19.7 Å². The Morgan fingerprint density at radius 1 is 1.00 bits per heavy atom. The minimum atomic E-state index is 0.722. The Kier molecular flexibility index (Phi) is 5.87. The number of quaternary nitrogens is 1. The molecular weight excluding hydrogens is 246 g/mol. The zero-order chi connectivity index (χ0) is 14.0. The lowest BCUT2D eigenvalue weighted by atomic mass is 10.0. The van der Waals surface area contributed by atoms with Crippen LogP contribution in [-0.4, -0.2) is 19.7 Å². The maximum absolute atomic E-state index is 5.89. The van der Waals surface area contributed by atoms with E-state index in [0.29, 0.717) is 0 Å². The summed E-state index contributed by atoms with van der Waals surface area (Å²) in [6, 6.07) is 18.8. The van der Waals surface area contributed by atoms with E-state index < -0.39 is 0 Å². The van der Waals surface area contributed by atoms with Gasteiger partial charge in [0.05, 0.1) is 6.54 Å². The highest BCUT2D eigenvalue weighted by Gasteiger charge is 2.04. The van der Waals surface area contributed by atoms with Crippen LogP contribution >= 0.6 is 0 Å². The average molecular weight is 268 g/mol. The van der Waals surface area contributed by atoms with Crippen molar-refractivity contribution in [1.82, 2.24) is 0 Å². The molecule has 0 heterocycles. The minimum absolute atomic E-state index is 0.722. The van der Waals surface area contributed by atoms with Crippen LogP contribution in [0.25, 0.3) is 0 Å². The molecule has 2 heteroatoms. The van der Waals surface area contributed by atoms with Crippen LogP contribution in [0, 0.1) is 0 Å². The van der Waals surface area contributed by atoms with Crippen molar-refractivity contribution in [3.05, 3.63) is 78.4 Å². The first-order valence-electron chi connectivity index (χ1n) is 7.07. The van der Waals surface area contributed by atoms with Crippen molar-refractivity contribution < 1.29 is 10.1 Å². The van der Waals surface area contributed by atoms with Crippen molar-refractivity contribution in [2.24, 2.45) is 0 Å². The molecule has 2 aromatic rings. The standard InChI is InChI=1S/C18H21NO/c1-2-12-19-13-14-20-18-11-7-6-10-17(18)15-16-8-4-3-5-9-16/h2-11,19H,1,12-15H2/p+1. The Bertz CT molecular complexity index is 522. The molecule has 0 spiro atoms. The lowest BCUT2D eigenvalue weighted by molar-refractivity contribution is -0.646. The lowest BCUT2D eigenvalue weighted by Crippen LogP contribution is -2.85. The van der Waals surface area contributed by atoms with Gasteiger partial charge in [0.15, 0.2) is 0 Å². The summed E-state index contributed by atoms with van der Waals surface area (Å²) in [7, 11) is 0. The quantitative estimate of drug-likeness (QED) is 0.577. The second kappa shape index (κ2) is 8.18. The third-order valence-corrected chi connectivity index (χ3v) is 3.12. The fourth-order valence-electron chi connectivity index (χ4n) is 2.09. The van der Waals surface area contributed by atoms with E-state index in [1.165, 1.54) is 11.1 Å². The lowest BCUT2D eigenvalue weighted by Gasteiger charge is -2.11. The molecule has 2 aromatic carbocycles. The van der Waals surface area contributed by atoms with E-state index >= 15 is 0 Å². The molecular formula is C18H22NO+. The molecule has 0 radical (unpaired) electrons. The highest BCUT2D eigenvalue weighted by molar-refractivity contribution is 5.37. The van der Waals surface area contributed by atoms with E-state index in [2.05, 4.69) is 48.3 Å². The van der Waals surface area contributed by atoms with Gasteiger partial charge in [0.25, 0.3) is 0 Å². The molecule has 0 aliphatic rings. The van der Waals surface area contributed by atoms with E-state index in [0.717, 1.165) is 31.9 Å². The molecule has 0 bridgehead atoms. The van der Waals surface area contributed by atoms with E-state index in [1.54, 1.807) is 0 Å². The molecule has 0 aromatic heterocycles. The Labute approximate surface area is 121 Å². The smallest absolute Gasteiger partial charge is 0.137 e. The number of para-hydroxylation sites is 1. The van der Waals surface area contributed by atoms with Gasteiger partial charge in [-0.1, -0.05) is 55.1 Å². The zero-order valence-corrected chi connectivity index (χ0v) is 11.8.